The largest absolute Gasteiger partial charge is 0.304 e. The van der Waals surface area contributed by atoms with Gasteiger partial charge in [-0.1, -0.05) is 41.5 Å². The van der Waals surface area contributed by atoms with E-state index in [0.29, 0.717) is 22.4 Å². The van der Waals surface area contributed by atoms with Gasteiger partial charge in [0.1, 0.15) is 0 Å². The van der Waals surface area contributed by atoms with Gasteiger partial charge in [0, 0.05) is 31.9 Å². The number of pyridine rings is 1. The molecule has 0 bridgehead atoms. The second kappa shape index (κ2) is 5.87. The Bertz CT molecular complexity index is 935. The first-order valence-electron chi connectivity index (χ1n) is 7.46. The van der Waals surface area contributed by atoms with Crippen molar-refractivity contribution in [3.63, 3.8) is 0 Å². The van der Waals surface area contributed by atoms with Crippen LogP contribution in [0.15, 0.2) is 48.7 Å². The minimum Gasteiger partial charge on any atom is -0.304 e. The molecule has 1 nitrogen and oxygen atoms in total. The summed E-state index contributed by atoms with van der Waals surface area (Å²) >= 11 is 0. The molecule has 0 amide bonds. The standard InChI is InChI=1S/C20H14F2N.Ir/c1-12-10-18(23-11-13(12)2)16-8-5-7-15-14-6-3-4-9-17(14)20(21,22)19(15)16;/h3-7,9-11H,1-2H3;/q-1;. The fourth-order valence-electron chi connectivity index (χ4n) is 3.14. The molecule has 0 atom stereocenters. The molecule has 1 radical (unpaired) electrons. The molecule has 24 heavy (non-hydrogen) atoms. The van der Waals surface area contributed by atoms with E-state index in [2.05, 4.69) is 11.1 Å². The molecule has 1 heterocycles. The SMILES string of the molecule is Cc1cnc(-c2[c-]ccc3c2C(F)(F)c2ccccc2-3)cc1C.[Ir]. The van der Waals surface area contributed by atoms with E-state index < -0.39 is 5.92 Å². The topological polar surface area (TPSA) is 12.9 Å². The summed E-state index contributed by atoms with van der Waals surface area (Å²) in [6.45, 7) is 3.91. The Morgan fingerprint density at radius 3 is 2.50 bits per heavy atom. The summed E-state index contributed by atoms with van der Waals surface area (Å²) in [5.41, 5.74) is 4.21. The van der Waals surface area contributed by atoms with E-state index >= 15 is 8.78 Å². The Morgan fingerprint density at radius 2 is 1.75 bits per heavy atom. The number of aromatic nitrogens is 1. The summed E-state index contributed by atoms with van der Waals surface area (Å²) in [6, 6.07) is 14.9. The quantitative estimate of drug-likeness (QED) is 0.416. The van der Waals surface area contributed by atoms with Crippen molar-refractivity contribution in [2.45, 2.75) is 19.8 Å². The third kappa shape index (κ3) is 2.33. The van der Waals surface area contributed by atoms with Crippen molar-refractivity contribution in [2.75, 3.05) is 0 Å². The van der Waals surface area contributed by atoms with Gasteiger partial charge in [-0.05, 0) is 36.2 Å². The summed E-state index contributed by atoms with van der Waals surface area (Å²) < 4.78 is 30.0. The van der Waals surface area contributed by atoms with Gasteiger partial charge in [0.25, 0.3) is 5.92 Å². The van der Waals surface area contributed by atoms with E-state index in [1.807, 2.05) is 19.9 Å². The van der Waals surface area contributed by atoms with Crippen LogP contribution in [0.5, 0.6) is 0 Å². The molecule has 1 aliphatic carbocycles. The zero-order valence-electron chi connectivity index (χ0n) is 13.2. The van der Waals surface area contributed by atoms with Crippen molar-refractivity contribution in [3.8, 4) is 22.4 Å². The number of benzene rings is 2. The van der Waals surface area contributed by atoms with E-state index in [-0.39, 0.29) is 31.2 Å². The van der Waals surface area contributed by atoms with Crippen LogP contribution in [-0.4, -0.2) is 4.98 Å². The fraction of sp³-hybridized carbons (Fsp3) is 0.150. The van der Waals surface area contributed by atoms with Gasteiger partial charge in [-0.25, -0.2) is 8.78 Å². The van der Waals surface area contributed by atoms with Crippen molar-refractivity contribution < 1.29 is 28.9 Å². The number of alkyl halides is 2. The van der Waals surface area contributed by atoms with Crippen molar-refractivity contribution in [1.82, 2.24) is 4.98 Å². The van der Waals surface area contributed by atoms with Crippen LogP contribution in [0.25, 0.3) is 22.4 Å². The summed E-state index contributed by atoms with van der Waals surface area (Å²) in [7, 11) is 0. The molecule has 0 fully saturated rings. The van der Waals surface area contributed by atoms with Crippen LogP contribution in [0.2, 0.25) is 0 Å². The maximum absolute atomic E-state index is 15.0. The molecule has 0 spiro atoms. The first-order chi connectivity index (χ1) is 11.0. The molecule has 0 saturated carbocycles. The number of rotatable bonds is 1. The van der Waals surface area contributed by atoms with Crippen molar-refractivity contribution in [3.05, 3.63) is 77.0 Å². The Morgan fingerprint density at radius 1 is 1.00 bits per heavy atom. The average Bonchev–Trinajstić information content (AvgIpc) is 2.79. The van der Waals surface area contributed by atoms with E-state index in [1.165, 1.54) is 6.07 Å². The number of fused-ring (bicyclic) bond motifs is 3. The van der Waals surface area contributed by atoms with E-state index in [1.54, 1.807) is 36.5 Å². The van der Waals surface area contributed by atoms with Gasteiger partial charge < -0.3 is 4.98 Å². The fourth-order valence-corrected chi connectivity index (χ4v) is 3.14. The maximum Gasteiger partial charge on any atom is 0.268 e. The Labute approximate surface area is 153 Å². The van der Waals surface area contributed by atoms with E-state index in [0.717, 1.165) is 11.1 Å². The normalized spacial score (nSPS) is 13.8. The zero-order valence-corrected chi connectivity index (χ0v) is 15.6. The number of hydrogen-bond acceptors (Lipinski definition) is 1. The van der Waals surface area contributed by atoms with Crippen molar-refractivity contribution in [1.29, 1.82) is 0 Å². The van der Waals surface area contributed by atoms with Crippen LogP contribution in [-0.2, 0) is 26.0 Å². The predicted octanol–water partition coefficient (Wildman–Crippen LogP) is 5.28. The van der Waals surface area contributed by atoms with Gasteiger partial charge in [0.2, 0.25) is 0 Å². The first-order valence-corrected chi connectivity index (χ1v) is 7.46. The van der Waals surface area contributed by atoms with Crippen molar-refractivity contribution in [2.24, 2.45) is 0 Å². The van der Waals surface area contributed by atoms with Gasteiger partial charge in [0.05, 0.1) is 0 Å². The van der Waals surface area contributed by atoms with Gasteiger partial charge in [-0.2, -0.15) is 0 Å². The van der Waals surface area contributed by atoms with Gasteiger partial charge in [-0.15, -0.1) is 23.8 Å². The Hall–Kier alpha value is -1.90. The Kier molecular flexibility index (Phi) is 4.14. The summed E-state index contributed by atoms with van der Waals surface area (Å²) in [5.74, 6) is -3.03. The molecule has 4 heteroatoms. The summed E-state index contributed by atoms with van der Waals surface area (Å²) in [4.78, 5) is 4.35. The second-order valence-electron chi connectivity index (χ2n) is 5.92. The second-order valence-corrected chi connectivity index (χ2v) is 5.92. The van der Waals surface area contributed by atoms with E-state index in [4.69, 9.17) is 0 Å². The zero-order chi connectivity index (χ0) is 16.2. The van der Waals surface area contributed by atoms with Crippen LogP contribution in [0, 0.1) is 19.9 Å². The molecule has 4 rings (SSSR count). The number of halogens is 2. The molecule has 0 saturated heterocycles. The smallest absolute Gasteiger partial charge is 0.268 e. The molecule has 123 valence electrons. The Balaban J connectivity index is 0.00000169. The van der Waals surface area contributed by atoms with Crippen LogP contribution >= 0.6 is 0 Å². The number of aryl methyl sites for hydroxylation is 2. The molecule has 1 aromatic heterocycles. The van der Waals surface area contributed by atoms with Gasteiger partial charge in [0.15, 0.2) is 0 Å². The van der Waals surface area contributed by atoms with Crippen LogP contribution < -0.4 is 0 Å². The molecule has 0 N–H and O–H groups in total. The van der Waals surface area contributed by atoms with Crippen LogP contribution in [0.3, 0.4) is 0 Å². The molecule has 1 aliphatic rings. The molecule has 0 unspecified atom stereocenters. The third-order valence-electron chi connectivity index (χ3n) is 4.50. The van der Waals surface area contributed by atoms with Crippen LogP contribution in [0.1, 0.15) is 22.3 Å². The molecule has 0 aliphatic heterocycles. The summed E-state index contributed by atoms with van der Waals surface area (Å²) in [5, 5.41) is 0. The number of hydrogen-bond donors (Lipinski definition) is 0. The number of nitrogens with zero attached hydrogens (tertiary/aromatic N) is 1. The third-order valence-corrected chi connectivity index (χ3v) is 4.50. The molecular formula is C20H14F2IrN-. The predicted molar refractivity (Wildman–Crippen MR) is 86.4 cm³/mol. The average molecular weight is 499 g/mol. The monoisotopic (exact) mass is 499 g/mol. The minimum absolute atomic E-state index is 0. The minimum atomic E-state index is -3.03. The van der Waals surface area contributed by atoms with Gasteiger partial charge in [-0.3, -0.25) is 0 Å². The molecule has 3 aromatic rings. The molecular weight excluding hydrogens is 484 g/mol. The van der Waals surface area contributed by atoms with Crippen molar-refractivity contribution >= 4 is 0 Å². The van der Waals surface area contributed by atoms with Gasteiger partial charge >= 0.3 is 0 Å². The first kappa shape index (κ1) is 16.9. The summed E-state index contributed by atoms with van der Waals surface area (Å²) in [6.07, 6.45) is 1.72. The maximum atomic E-state index is 15.0. The van der Waals surface area contributed by atoms with Crippen LogP contribution in [0.4, 0.5) is 8.78 Å². The molecule has 2 aromatic carbocycles. The van der Waals surface area contributed by atoms with E-state index in [9.17, 15) is 0 Å².